The maximum Gasteiger partial charge on any atom is 0.573 e. The molecular weight excluding hydrogens is 554 g/mol. The maximum atomic E-state index is 13.0. The molecule has 0 amide bonds. The van der Waals surface area contributed by atoms with Gasteiger partial charge in [-0.1, -0.05) is 0 Å². The van der Waals surface area contributed by atoms with Crippen LogP contribution >= 0.6 is 0 Å². The Kier molecular flexibility index (Phi) is 7.63. The summed E-state index contributed by atoms with van der Waals surface area (Å²) in [7, 11) is -3.92. The van der Waals surface area contributed by atoms with Gasteiger partial charge in [0, 0.05) is 0 Å². The third-order valence-corrected chi connectivity index (χ3v) is 6.64. The van der Waals surface area contributed by atoms with E-state index in [0.717, 1.165) is 24.3 Å². The molecule has 204 valence electrons. The van der Waals surface area contributed by atoms with Gasteiger partial charge in [-0.15, -0.1) is 26.3 Å². The van der Waals surface area contributed by atoms with Crippen LogP contribution in [0.1, 0.15) is 0 Å². The van der Waals surface area contributed by atoms with E-state index in [2.05, 4.69) is 9.47 Å². The second-order valence-electron chi connectivity index (χ2n) is 7.69. The summed E-state index contributed by atoms with van der Waals surface area (Å²) in [5, 5.41) is 0. The van der Waals surface area contributed by atoms with Gasteiger partial charge < -0.3 is 18.9 Å². The van der Waals surface area contributed by atoms with Crippen molar-refractivity contribution in [3.05, 3.63) is 97.1 Å². The molecule has 13 heteroatoms. The molecule has 0 spiro atoms. The van der Waals surface area contributed by atoms with Crippen LogP contribution in [0.4, 0.5) is 26.3 Å². The first kappa shape index (κ1) is 27.6. The smallest absolute Gasteiger partial charge is 0.457 e. The normalized spacial score (nSPS) is 12.1. The lowest BCUT2D eigenvalue weighted by atomic mass is 10.3. The number of rotatable bonds is 8. The average Bonchev–Trinajstić information content (AvgIpc) is 2.85. The number of halogens is 6. The van der Waals surface area contributed by atoms with Crippen LogP contribution < -0.4 is 18.9 Å². The van der Waals surface area contributed by atoms with Crippen LogP contribution in [0.25, 0.3) is 0 Å². The van der Waals surface area contributed by atoms with E-state index < -0.39 is 34.1 Å². The quantitative estimate of drug-likeness (QED) is 0.201. The highest BCUT2D eigenvalue weighted by molar-refractivity contribution is 7.91. The standard InChI is InChI=1S/C26H16F6O6S/c27-25(28,29)37-21-5-1-17(2-6-21)35-19-9-13-23(14-10-19)39(33,34)24-15-11-20(12-16-24)36-18-3-7-22(8-4-18)38-26(30,31)32/h1-16H. The Morgan fingerprint density at radius 1 is 0.410 bits per heavy atom. The largest absolute Gasteiger partial charge is 0.573 e. The molecule has 0 aromatic heterocycles. The zero-order valence-electron chi connectivity index (χ0n) is 19.4. The zero-order valence-corrected chi connectivity index (χ0v) is 20.2. The average molecular weight is 570 g/mol. The Labute approximate surface area is 217 Å². The summed E-state index contributed by atoms with van der Waals surface area (Å²) in [6.45, 7) is 0. The lowest BCUT2D eigenvalue weighted by molar-refractivity contribution is -0.275. The molecule has 0 saturated carbocycles. The van der Waals surface area contributed by atoms with Crippen LogP contribution in [0.5, 0.6) is 34.5 Å². The first-order valence-electron chi connectivity index (χ1n) is 10.8. The Morgan fingerprint density at radius 3 is 0.897 bits per heavy atom. The van der Waals surface area contributed by atoms with E-state index in [9.17, 15) is 34.8 Å². The number of alkyl halides is 6. The second kappa shape index (κ2) is 10.8. The van der Waals surface area contributed by atoms with Gasteiger partial charge in [0.1, 0.15) is 34.5 Å². The Hall–Kier alpha value is -4.39. The van der Waals surface area contributed by atoms with Crippen LogP contribution in [0.15, 0.2) is 107 Å². The van der Waals surface area contributed by atoms with E-state index in [1.54, 1.807) is 0 Å². The number of hydrogen-bond acceptors (Lipinski definition) is 6. The molecule has 4 rings (SSSR count). The van der Waals surface area contributed by atoms with Gasteiger partial charge >= 0.3 is 12.7 Å². The summed E-state index contributed by atoms with van der Waals surface area (Å²) >= 11 is 0. The predicted octanol–water partition coefficient (Wildman–Crippen LogP) is 7.90. The predicted molar refractivity (Wildman–Crippen MR) is 125 cm³/mol. The minimum Gasteiger partial charge on any atom is -0.457 e. The fourth-order valence-electron chi connectivity index (χ4n) is 3.20. The molecule has 0 heterocycles. The Bertz CT molecular complexity index is 1390. The van der Waals surface area contributed by atoms with Crippen molar-refractivity contribution < 1.29 is 53.7 Å². The zero-order chi connectivity index (χ0) is 28.3. The molecule has 0 bridgehead atoms. The molecule has 0 aliphatic rings. The van der Waals surface area contributed by atoms with Crippen molar-refractivity contribution in [1.29, 1.82) is 0 Å². The van der Waals surface area contributed by atoms with Crippen LogP contribution in [0.2, 0.25) is 0 Å². The van der Waals surface area contributed by atoms with Crippen molar-refractivity contribution in [2.45, 2.75) is 22.5 Å². The number of benzene rings is 4. The molecule has 0 unspecified atom stereocenters. The van der Waals surface area contributed by atoms with E-state index in [0.29, 0.717) is 0 Å². The fraction of sp³-hybridized carbons (Fsp3) is 0.0769. The highest BCUT2D eigenvalue weighted by Gasteiger charge is 2.31. The van der Waals surface area contributed by atoms with E-state index in [1.807, 2.05) is 0 Å². The Balaban J connectivity index is 1.39. The van der Waals surface area contributed by atoms with Gasteiger partial charge in [-0.05, 0) is 97.1 Å². The minimum absolute atomic E-state index is 0.0438. The monoisotopic (exact) mass is 570 g/mol. The summed E-state index contributed by atoms with van der Waals surface area (Å²) in [5.41, 5.74) is 0. The molecule has 0 aliphatic carbocycles. The molecular formula is C26H16F6O6S. The maximum absolute atomic E-state index is 13.0. The van der Waals surface area contributed by atoms with Crippen LogP contribution in [0.3, 0.4) is 0 Å². The van der Waals surface area contributed by atoms with Gasteiger partial charge in [0.2, 0.25) is 9.84 Å². The van der Waals surface area contributed by atoms with Gasteiger partial charge in [-0.3, -0.25) is 0 Å². The molecule has 4 aromatic rings. The van der Waals surface area contributed by atoms with Gasteiger partial charge in [0.25, 0.3) is 0 Å². The highest BCUT2D eigenvalue weighted by Crippen LogP contribution is 2.31. The molecule has 39 heavy (non-hydrogen) atoms. The molecule has 0 aliphatic heterocycles. The topological polar surface area (TPSA) is 71.1 Å². The van der Waals surface area contributed by atoms with Gasteiger partial charge in [-0.25, -0.2) is 8.42 Å². The minimum atomic E-state index is -4.82. The van der Waals surface area contributed by atoms with Gasteiger partial charge in [0.15, 0.2) is 0 Å². The van der Waals surface area contributed by atoms with Crippen LogP contribution in [-0.4, -0.2) is 21.1 Å². The molecule has 0 saturated heterocycles. The van der Waals surface area contributed by atoms with Crippen LogP contribution in [-0.2, 0) is 9.84 Å². The van der Waals surface area contributed by atoms with Crippen molar-refractivity contribution in [2.75, 3.05) is 0 Å². The lowest BCUT2D eigenvalue weighted by Gasteiger charge is -2.11. The Morgan fingerprint density at radius 2 is 0.641 bits per heavy atom. The lowest BCUT2D eigenvalue weighted by Crippen LogP contribution is -2.16. The van der Waals surface area contributed by atoms with Crippen molar-refractivity contribution in [3.63, 3.8) is 0 Å². The highest BCUT2D eigenvalue weighted by atomic mass is 32.2. The molecule has 4 aromatic carbocycles. The van der Waals surface area contributed by atoms with Crippen LogP contribution in [0, 0.1) is 0 Å². The van der Waals surface area contributed by atoms with Crippen molar-refractivity contribution >= 4 is 9.84 Å². The summed E-state index contributed by atoms with van der Waals surface area (Å²) in [6, 6.07) is 20.1. The van der Waals surface area contributed by atoms with E-state index in [1.165, 1.54) is 72.8 Å². The summed E-state index contributed by atoms with van der Waals surface area (Å²) in [6.07, 6.45) is -9.64. The first-order valence-corrected chi connectivity index (χ1v) is 12.3. The van der Waals surface area contributed by atoms with Crippen molar-refractivity contribution in [3.8, 4) is 34.5 Å². The number of sulfone groups is 1. The van der Waals surface area contributed by atoms with E-state index in [4.69, 9.17) is 9.47 Å². The second-order valence-corrected chi connectivity index (χ2v) is 9.64. The first-order chi connectivity index (χ1) is 18.3. The third-order valence-electron chi connectivity index (χ3n) is 4.85. The number of ether oxygens (including phenoxy) is 4. The SMILES string of the molecule is O=S(=O)(c1ccc(Oc2ccc(OC(F)(F)F)cc2)cc1)c1ccc(Oc2ccc(OC(F)(F)F)cc2)cc1. The van der Waals surface area contributed by atoms with Gasteiger partial charge in [0.05, 0.1) is 9.79 Å². The van der Waals surface area contributed by atoms with E-state index >= 15 is 0 Å². The molecule has 0 fully saturated rings. The molecule has 0 N–H and O–H groups in total. The summed E-state index contributed by atoms with van der Waals surface area (Å²) in [4.78, 5) is -0.0876. The molecule has 0 radical (unpaired) electrons. The summed E-state index contributed by atoms with van der Waals surface area (Å²) < 4.78 is 118. The van der Waals surface area contributed by atoms with Gasteiger partial charge in [-0.2, -0.15) is 0 Å². The molecule has 0 atom stereocenters. The van der Waals surface area contributed by atoms with E-state index in [-0.39, 0.29) is 32.8 Å². The number of hydrogen-bond donors (Lipinski definition) is 0. The fourth-order valence-corrected chi connectivity index (χ4v) is 4.46. The van der Waals surface area contributed by atoms with Crippen molar-refractivity contribution in [2.24, 2.45) is 0 Å². The summed E-state index contributed by atoms with van der Waals surface area (Å²) in [5.74, 6) is 0.0708. The van der Waals surface area contributed by atoms with Crippen molar-refractivity contribution in [1.82, 2.24) is 0 Å². The third kappa shape index (κ3) is 7.80. The molecule has 6 nitrogen and oxygen atoms in total.